The van der Waals surface area contributed by atoms with Gasteiger partial charge in [-0.15, -0.1) is 6.58 Å². The van der Waals surface area contributed by atoms with E-state index >= 15 is 0 Å². The summed E-state index contributed by atoms with van der Waals surface area (Å²) < 4.78 is 0. The van der Waals surface area contributed by atoms with Gasteiger partial charge < -0.3 is 10.6 Å². The smallest absolute Gasteiger partial charge is 0.240 e. The van der Waals surface area contributed by atoms with Crippen molar-refractivity contribution in [3.05, 3.63) is 12.7 Å². The molecule has 0 aliphatic rings. The van der Waals surface area contributed by atoms with Crippen molar-refractivity contribution in [1.29, 1.82) is 0 Å². The van der Waals surface area contributed by atoms with E-state index in [1.54, 1.807) is 6.08 Å². The van der Waals surface area contributed by atoms with Crippen molar-refractivity contribution in [3.63, 3.8) is 0 Å². The molecule has 0 fully saturated rings. The normalized spacial score (nSPS) is 12.9. The van der Waals surface area contributed by atoms with Crippen LogP contribution >= 0.6 is 0 Å². The molecule has 3 heteroatoms. The summed E-state index contributed by atoms with van der Waals surface area (Å²) in [5.74, 6) is 0.530. The Morgan fingerprint density at radius 1 is 1.35 bits per heavy atom. The van der Waals surface area contributed by atoms with Gasteiger partial charge in [0.05, 0.1) is 6.04 Å². The molecule has 0 aromatic carbocycles. The molecular weight excluding hydrogens is 212 g/mol. The van der Waals surface area contributed by atoms with E-state index in [4.69, 9.17) is 5.73 Å². The number of carbonyl (C=O) groups excluding carboxylic acids is 1. The standard InChI is InChI=1S/C14H28N2O/c1-6-9-13(15)14(17)16(10-11(4)5)12(7-2)8-3/h6,11-13H,1,7-10,15H2,2-5H3. The summed E-state index contributed by atoms with van der Waals surface area (Å²) in [5, 5.41) is 0. The number of rotatable bonds is 8. The van der Waals surface area contributed by atoms with Gasteiger partial charge in [0.15, 0.2) is 0 Å². The van der Waals surface area contributed by atoms with Crippen molar-refractivity contribution < 1.29 is 4.79 Å². The molecule has 0 bridgehead atoms. The minimum absolute atomic E-state index is 0.0623. The topological polar surface area (TPSA) is 46.3 Å². The van der Waals surface area contributed by atoms with Gasteiger partial charge in [0.25, 0.3) is 0 Å². The van der Waals surface area contributed by atoms with Crippen LogP contribution in [0.25, 0.3) is 0 Å². The average molecular weight is 240 g/mol. The lowest BCUT2D eigenvalue weighted by atomic mass is 10.0. The summed E-state index contributed by atoms with van der Waals surface area (Å²) >= 11 is 0. The number of hydrogen-bond donors (Lipinski definition) is 1. The molecule has 100 valence electrons. The van der Waals surface area contributed by atoms with Crippen LogP contribution in [0.4, 0.5) is 0 Å². The minimum Gasteiger partial charge on any atom is -0.338 e. The Kier molecular flexibility index (Phi) is 7.88. The quantitative estimate of drug-likeness (QED) is 0.663. The van der Waals surface area contributed by atoms with Crippen molar-refractivity contribution in [2.75, 3.05) is 6.54 Å². The molecule has 0 rings (SSSR count). The molecule has 0 aliphatic heterocycles. The van der Waals surface area contributed by atoms with Crippen molar-refractivity contribution in [2.24, 2.45) is 11.7 Å². The summed E-state index contributed by atoms with van der Waals surface area (Å²) in [6.45, 7) is 12.9. The van der Waals surface area contributed by atoms with Crippen molar-refractivity contribution >= 4 is 5.91 Å². The summed E-state index contributed by atoms with van der Waals surface area (Å²) in [5.41, 5.74) is 5.89. The van der Waals surface area contributed by atoms with E-state index in [0.717, 1.165) is 19.4 Å². The number of carbonyl (C=O) groups is 1. The van der Waals surface area contributed by atoms with Gasteiger partial charge in [-0.05, 0) is 25.2 Å². The highest BCUT2D eigenvalue weighted by atomic mass is 16.2. The number of nitrogens with two attached hydrogens (primary N) is 1. The van der Waals surface area contributed by atoms with Gasteiger partial charge >= 0.3 is 0 Å². The lowest BCUT2D eigenvalue weighted by Gasteiger charge is -2.33. The average Bonchev–Trinajstić information content (AvgIpc) is 2.28. The van der Waals surface area contributed by atoms with E-state index in [2.05, 4.69) is 34.3 Å². The van der Waals surface area contributed by atoms with E-state index in [1.165, 1.54) is 0 Å². The highest BCUT2D eigenvalue weighted by molar-refractivity contribution is 5.82. The fourth-order valence-corrected chi connectivity index (χ4v) is 2.04. The molecule has 3 nitrogen and oxygen atoms in total. The molecular formula is C14H28N2O. The Balaban J connectivity index is 4.76. The minimum atomic E-state index is -0.438. The van der Waals surface area contributed by atoms with Gasteiger partial charge in [-0.25, -0.2) is 0 Å². The monoisotopic (exact) mass is 240 g/mol. The Hall–Kier alpha value is -0.830. The maximum absolute atomic E-state index is 12.3. The summed E-state index contributed by atoms with van der Waals surface area (Å²) in [4.78, 5) is 14.2. The van der Waals surface area contributed by atoms with Crippen LogP contribution in [0, 0.1) is 5.92 Å². The fraction of sp³-hybridized carbons (Fsp3) is 0.786. The lowest BCUT2D eigenvalue weighted by molar-refractivity contribution is -0.135. The zero-order valence-electron chi connectivity index (χ0n) is 11.8. The summed E-state index contributed by atoms with van der Waals surface area (Å²) in [6, 6.07) is -0.132. The number of amides is 1. The van der Waals surface area contributed by atoms with Gasteiger partial charge in [-0.2, -0.15) is 0 Å². The van der Waals surface area contributed by atoms with Crippen LogP contribution in [-0.4, -0.2) is 29.4 Å². The first kappa shape index (κ1) is 16.2. The predicted octanol–water partition coefficient (Wildman–Crippen LogP) is 2.56. The highest BCUT2D eigenvalue weighted by Gasteiger charge is 2.25. The van der Waals surface area contributed by atoms with Crippen LogP contribution in [0.15, 0.2) is 12.7 Å². The molecule has 0 aromatic heterocycles. The predicted molar refractivity (Wildman–Crippen MR) is 73.7 cm³/mol. The van der Waals surface area contributed by atoms with E-state index in [0.29, 0.717) is 18.4 Å². The van der Waals surface area contributed by atoms with Crippen LogP contribution < -0.4 is 5.73 Å². The molecule has 0 radical (unpaired) electrons. The van der Waals surface area contributed by atoms with Crippen LogP contribution in [0.3, 0.4) is 0 Å². The third kappa shape index (κ3) is 5.35. The molecule has 0 aromatic rings. The van der Waals surface area contributed by atoms with E-state index < -0.39 is 6.04 Å². The van der Waals surface area contributed by atoms with Crippen LogP contribution in [0.2, 0.25) is 0 Å². The van der Waals surface area contributed by atoms with Gasteiger partial charge in [0, 0.05) is 12.6 Å². The third-order valence-electron chi connectivity index (χ3n) is 2.97. The summed E-state index contributed by atoms with van der Waals surface area (Å²) in [7, 11) is 0. The van der Waals surface area contributed by atoms with Gasteiger partial charge in [-0.3, -0.25) is 4.79 Å². The zero-order chi connectivity index (χ0) is 13.4. The Bertz CT molecular complexity index is 234. The van der Waals surface area contributed by atoms with Crippen molar-refractivity contribution in [3.8, 4) is 0 Å². The second-order valence-corrected chi connectivity index (χ2v) is 4.99. The molecule has 17 heavy (non-hydrogen) atoms. The SMILES string of the molecule is C=CCC(N)C(=O)N(CC(C)C)C(CC)CC. The lowest BCUT2D eigenvalue weighted by Crippen LogP contribution is -2.49. The second-order valence-electron chi connectivity index (χ2n) is 4.99. The largest absolute Gasteiger partial charge is 0.338 e. The maximum Gasteiger partial charge on any atom is 0.240 e. The Morgan fingerprint density at radius 2 is 1.88 bits per heavy atom. The maximum atomic E-state index is 12.3. The molecule has 0 heterocycles. The summed E-state index contributed by atoms with van der Waals surface area (Å²) in [6.07, 6.45) is 4.22. The van der Waals surface area contributed by atoms with Crippen molar-refractivity contribution in [1.82, 2.24) is 4.90 Å². The van der Waals surface area contributed by atoms with E-state index in [9.17, 15) is 4.79 Å². The first-order valence-corrected chi connectivity index (χ1v) is 6.64. The Labute approximate surface area is 106 Å². The number of hydrogen-bond acceptors (Lipinski definition) is 2. The molecule has 1 amide bonds. The van der Waals surface area contributed by atoms with Gasteiger partial charge in [-0.1, -0.05) is 33.8 Å². The third-order valence-corrected chi connectivity index (χ3v) is 2.97. The van der Waals surface area contributed by atoms with Crippen LogP contribution in [0.1, 0.15) is 47.0 Å². The molecule has 1 atom stereocenters. The number of nitrogens with zero attached hydrogens (tertiary/aromatic N) is 1. The Morgan fingerprint density at radius 3 is 2.24 bits per heavy atom. The molecule has 1 unspecified atom stereocenters. The van der Waals surface area contributed by atoms with Gasteiger partial charge in [0.2, 0.25) is 5.91 Å². The molecule has 0 aliphatic carbocycles. The van der Waals surface area contributed by atoms with Crippen LogP contribution in [-0.2, 0) is 4.79 Å². The first-order chi connectivity index (χ1) is 7.97. The van der Waals surface area contributed by atoms with Crippen molar-refractivity contribution in [2.45, 2.75) is 59.0 Å². The fourth-order valence-electron chi connectivity index (χ4n) is 2.04. The van der Waals surface area contributed by atoms with Crippen LogP contribution in [0.5, 0.6) is 0 Å². The first-order valence-electron chi connectivity index (χ1n) is 6.64. The molecule has 2 N–H and O–H groups in total. The highest BCUT2D eigenvalue weighted by Crippen LogP contribution is 2.13. The molecule has 0 saturated carbocycles. The second kappa shape index (κ2) is 8.29. The molecule has 0 saturated heterocycles. The van der Waals surface area contributed by atoms with E-state index in [1.807, 2.05) is 4.90 Å². The van der Waals surface area contributed by atoms with Gasteiger partial charge in [0.1, 0.15) is 0 Å². The molecule has 0 spiro atoms. The van der Waals surface area contributed by atoms with E-state index in [-0.39, 0.29) is 5.91 Å². The zero-order valence-corrected chi connectivity index (χ0v) is 11.8.